The normalized spacial score (nSPS) is 15.6. The first-order valence-corrected chi connectivity index (χ1v) is 8.56. The number of hydrogen-bond acceptors (Lipinski definition) is 6. The lowest BCUT2D eigenvalue weighted by atomic mass is 10.00. The fraction of sp³-hybridized carbons (Fsp3) is 0.529. The number of phenols is 1. The van der Waals surface area contributed by atoms with E-state index >= 15 is 0 Å². The van der Waals surface area contributed by atoms with E-state index < -0.39 is 0 Å². The van der Waals surface area contributed by atoms with Crippen molar-refractivity contribution in [2.45, 2.75) is 38.6 Å². The number of aromatic nitrogens is 4. The number of aromatic hydroxyl groups is 1. The number of tetrazole rings is 1. The Balaban J connectivity index is 1.59. The van der Waals surface area contributed by atoms with E-state index in [0.717, 1.165) is 37.4 Å². The molecular weight excluding hydrogens is 320 g/mol. The summed E-state index contributed by atoms with van der Waals surface area (Å²) in [6, 6.07) is 5.33. The van der Waals surface area contributed by atoms with Gasteiger partial charge in [-0.25, -0.2) is 4.68 Å². The first-order valence-electron chi connectivity index (χ1n) is 8.56. The fourth-order valence-electron chi connectivity index (χ4n) is 3.08. The highest BCUT2D eigenvalue weighted by Gasteiger charge is 2.24. The van der Waals surface area contributed by atoms with Gasteiger partial charge in [0.1, 0.15) is 5.75 Å². The van der Waals surface area contributed by atoms with Gasteiger partial charge < -0.3 is 15.3 Å². The molecule has 8 heteroatoms. The fourth-order valence-corrected chi connectivity index (χ4v) is 3.08. The summed E-state index contributed by atoms with van der Waals surface area (Å²) in [4.78, 5) is 14.6. The van der Waals surface area contributed by atoms with Gasteiger partial charge in [-0.1, -0.05) is 25.0 Å². The molecule has 0 bridgehead atoms. The van der Waals surface area contributed by atoms with Crippen LogP contribution in [0.4, 0.5) is 5.95 Å². The van der Waals surface area contributed by atoms with Crippen LogP contribution in [0.2, 0.25) is 0 Å². The van der Waals surface area contributed by atoms with E-state index in [4.69, 9.17) is 0 Å². The number of nitrogens with zero attached hydrogens (tertiary/aromatic N) is 5. The van der Waals surface area contributed by atoms with Crippen molar-refractivity contribution in [3.63, 3.8) is 0 Å². The molecule has 1 saturated heterocycles. The zero-order valence-electron chi connectivity index (χ0n) is 14.8. The van der Waals surface area contributed by atoms with Gasteiger partial charge in [-0.15, -0.1) is 0 Å². The summed E-state index contributed by atoms with van der Waals surface area (Å²) < 4.78 is 1.65. The van der Waals surface area contributed by atoms with E-state index in [9.17, 15) is 9.90 Å². The van der Waals surface area contributed by atoms with Gasteiger partial charge in [-0.05, 0) is 46.9 Å². The number of nitrogens with one attached hydrogen (secondary N) is 1. The minimum Gasteiger partial charge on any atom is -0.507 e. The zero-order chi connectivity index (χ0) is 18.0. The minimum absolute atomic E-state index is 0.0336. The Labute approximate surface area is 146 Å². The predicted molar refractivity (Wildman–Crippen MR) is 93.7 cm³/mol. The monoisotopic (exact) mass is 344 g/mol. The van der Waals surface area contributed by atoms with Crippen LogP contribution >= 0.6 is 0 Å². The van der Waals surface area contributed by atoms with E-state index in [0.29, 0.717) is 11.5 Å². The number of amides is 1. The van der Waals surface area contributed by atoms with Gasteiger partial charge in [-0.2, -0.15) is 0 Å². The maximum Gasteiger partial charge on any atom is 0.255 e. The molecule has 1 fully saturated rings. The van der Waals surface area contributed by atoms with Crippen molar-refractivity contribution in [3.05, 3.63) is 29.3 Å². The molecule has 0 aliphatic carbocycles. The molecule has 0 unspecified atom stereocenters. The molecule has 2 heterocycles. The van der Waals surface area contributed by atoms with E-state index in [1.807, 2.05) is 13.1 Å². The molecule has 0 radical (unpaired) electrons. The van der Waals surface area contributed by atoms with E-state index in [1.54, 1.807) is 16.8 Å². The van der Waals surface area contributed by atoms with Crippen molar-refractivity contribution in [1.82, 2.24) is 25.5 Å². The highest BCUT2D eigenvalue weighted by Crippen LogP contribution is 2.24. The highest BCUT2D eigenvalue weighted by molar-refractivity contribution is 5.97. The van der Waals surface area contributed by atoms with Crippen molar-refractivity contribution < 1.29 is 9.90 Å². The second kappa shape index (κ2) is 7.08. The third kappa shape index (κ3) is 3.72. The van der Waals surface area contributed by atoms with Crippen molar-refractivity contribution >= 4 is 11.9 Å². The van der Waals surface area contributed by atoms with E-state index in [2.05, 4.69) is 39.6 Å². The molecule has 2 aromatic rings. The maximum absolute atomic E-state index is 12.5. The molecule has 0 atom stereocenters. The Bertz CT molecular complexity index is 749. The molecular formula is C17H24N6O2. The van der Waals surface area contributed by atoms with E-state index in [-0.39, 0.29) is 17.7 Å². The summed E-state index contributed by atoms with van der Waals surface area (Å²) >= 11 is 0. The number of rotatable bonds is 4. The third-order valence-corrected chi connectivity index (χ3v) is 4.64. The summed E-state index contributed by atoms with van der Waals surface area (Å²) in [7, 11) is 1.81. The summed E-state index contributed by atoms with van der Waals surface area (Å²) in [5.74, 6) is 0.854. The predicted octanol–water partition coefficient (Wildman–Crippen LogP) is 1.44. The van der Waals surface area contributed by atoms with Crippen molar-refractivity contribution in [1.29, 1.82) is 0 Å². The SMILES string of the molecule is CC(C)c1ccc(C(=O)NC2CCN(c3nnnn3C)CC2)c(O)c1. The summed E-state index contributed by atoms with van der Waals surface area (Å²) in [5.41, 5.74) is 1.34. The van der Waals surface area contributed by atoms with Crippen LogP contribution in [0.5, 0.6) is 5.75 Å². The number of piperidine rings is 1. The molecule has 0 spiro atoms. The Morgan fingerprint density at radius 3 is 2.60 bits per heavy atom. The number of anilines is 1. The Morgan fingerprint density at radius 2 is 2.04 bits per heavy atom. The lowest BCUT2D eigenvalue weighted by molar-refractivity contribution is 0.0928. The van der Waals surface area contributed by atoms with Gasteiger partial charge in [0.2, 0.25) is 5.95 Å². The van der Waals surface area contributed by atoms with Gasteiger partial charge in [-0.3, -0.25) is 4.79 Å². The lowest BCUT2D eigenvalue weighted by Gasteiger charge is -2.32. The van der Waals surface area contributed by atoms with Crippen LogP contribution in [-0.2, 0) is 7.05 Å². The van der Waals surface area contributed by atoms with Gasteiger partial charge in [0.15, 0.2) is 0 Å². The molecule has 1 aromatic carbocycles. The molecule has 0 saturated carbocycles. The number of carbonyl (C=O) groups is 1. The number of carbonyl (C=O) groups excluding carboxylic acids is 1. The molecule has 8 nitrogen and oxygen atoms in total. The average molecular weight is 344 g/mol. The second-order valence-corrected chi connectivity index (χ2v) is 6.77. The standard InChI is InChI=1S/C17H24N6O2/c1-11(2)12-4-5-14(15(24)10-12)16(25)18-13-6-8-23(9-7-13)17-19-20-21-22(17)3/h4-5,10-11,13,24H,6-9H2,1-3H3,(H,18,25). The van der Waals surface area contributed by atoms with Crippen LogP contribution in [0.15, 0.2) is 18.2 Å². The Kier molecular flexibility index (Phi) is 4.87. The topological polar surface area (TPSA) is 96.2 Å². The quantitative estimate of drug-likeness (QED) is 0.871. The van der Waals surface area contributed by atoms with Crippen LogP contribution in [0, 0.1) is 0 Å². The lowest BCUT2D eigenvalue weighted by Crippen LogP contribution is -2.45. The van der Waals surface area contributed by atoms with Gasteiger partial charge in [0, 0.05) is 26.2 Å². The maximum atomic E-state index is 12.5. The molecule has 2 N–H and O–H groups in total. The van der Waals surface area contributed by atoms with Crippen LogP contribution in [0.3, 0.4) is 0 Å². The molecule has 1 amide bonds. The molecule has 134 valence electrons. The highest BCUT2D eigenvalue weighted by atomic mass is 16.3. The van der Waals surface area contributed by atoms with Gasteiger partial charge in [0.25, 0.3) is 5.91 Å². The van der Waals surface area contributed by atoms with Gasteiger partial charge >= 0.3 is 0 Å². The number of phenolic OH excluding ortho intramolecular Hbond substituents is 1. The van der Waals surface area contributed by atoms with Crippen molar-refractivity contribution in [3.8, 4) is 5.75 Å². The third-order valence-electron chi connectivity index (χ3n) is 4.64. The van der Waals surface area contributed by atoms with Crippen LogP contribution in [0.25, 0.3) is 0 Å². The van der Waals surface area contributed by atoms with Crippen LogP contribution in [-0.4, -0.2) is 50.4 Å². The van der Waals surface area contributed by atoms with Crippen LogP contribution in [0.1, 0.15) is 48.5 Å². The molecule has 1 aliphatic rings. The van der Waals surface area contributed by atoms with Crippen LogP contribution < -0.4 is 10.2 Å². The Morgan fingerprint density at radius 1 is 1.32 bits per heavy atom. The first-order chi connectivity index (χ1) is 12.0. The Hall–Kier alpha value is -2.64. The molecule has 25 heavy (non-hydrogen) atoms. The largest absolute Gasteiger partial charge is 0.507 e. The van der Waals surface area contributed by atoms with Crippen molar-refractivity contribution in [2.24, 2.45) is 7.05 Å². The number of hydrogen-bond donors (Lipinski definition) is 2. The smallest absolute Gasteiger partial charge is 0.255 e. The first kappa shape index (κ1) is 17.2. The molecule has 1 aromatic heterocycles. The number of benzene rings is 1. The molecule has 3 rings (SSSR count). The molecule has 1 aliphatic heterocycles. The second-order valence-electron chi connectivity index (χ2n) is 6.77. The average Bonchev–Trinajstić information content (AvgIpc) is 3.01. The summed E-state index contributed by atoms with van der Waals surface area (Å²) in [5, 5.41) is 24.7. The summed E-state index contributed by atoms with van der Waals surface area (Å²) in [6.07, 6.45) is 1.62. The van der Waals surface area contributed by atoms with E-state index in [1.165, 1.54) is 0 Å². The zero-order valence-corrected chi connectivity index (χ0v) is 14.8. The summed E-state index contributed by atoms with van der Waals surface area (Å²) in [6.45, 7) is 5.65. The number of aryl methyl sites for hydroxylation is 1. The minimum atomic E-state index is -0.230. The van der Waals surface area contributed by atoms with Crippen molar-refractivity contribution in [2.75, 3.05) is 18.0 Å². The van der Waals surface area contributed by atoms with Gasteiger partial charge in [0.05, 0.1) is 5.56 Å².